The fourth-order valence-corrected chi connectivity index (χ4v) is 2.12. The number of nitrogens with zero attached hydrogens (tertiary/aromatic N) is 4. The van der Waals surface area contributed by atoms with Crippen molar-refractivity contribution in [2.45, 2.75) is 0 Å². The first-order chi connectivity index (χ1) is 12.3. The molecule has 3 rings (SSSR count). The quantitative estimate of drug-likeness (QED) is 0.466. The van der Waals surface area contributed by atoms with Gasteiger partial charge in [0.15, 0.2) is 11.5 Å². The van der Waals surface area contributed by atoms with Crippen molar-refractivity contribution in [1.29, 1.82) is 0 Å². The minimum Gasteiger partial charge on any atom is -0.493 e. The Kier molecular flexibility index (Phi) is 5.60. The Bertz CT molecular complexity index is 819. The van der Waals surface area contributed by atoms with Crippen LogP contribution in [-0.2, 0) is 0 Å². The van der Waals surface area contributed by atoms with Crippen LogP contribution < -0.4 is 14.2 Å². The lowest BCUT2D eigenvalue weighted by atomic mass is 10.2. The molecule has 0 fully saturated rings. The monoisotopic (exact) mass is 338 g/mol. The van der Waals surface area contributed by atoms with Crippen LogP contribution in [0.4, 0.5) is 0 Å². The molecule has 0 bridgehead atoms. The van der Waals surface area contributed by atoms with Crippen LogP contribution in [0.1, 0.15) is 5.56 Å². The van der Waals surface area contributed by atoms with Gasteiger partial charge in [0, 0.05) is 0 Å². The summed E-state index contributed by atoms with van der Waals surface area (Å²) in [5.74, 6) is 2.15. The second-order valence-corrected chi connectivity index (χ2v) is 5.01. The molecule has 2 aromatic carbocycles. The third-order valence-corrected chi connectivity index (χ3v) is 3.28. The highest BCUT2D eigenvalue weighted by atomic mass is 16.5. The van der Waals surface area contributed by atoms with Crippen molar-refractivity contribution >= 4 is 6.21 Å². The largest absolute Gasteiger partial charge is 0.493 e. The maximum Gasteiger partial charge on any atom is 0.161 e. The molecule has 0 aliphatic rings. The Labute approximate surface area is 145 Å². The zero-order chi connectivity index (χ0) is 17.3. The smallest absolute Gasteiger partial charge is 0.161 e. The number of benzene rings is 2. The molecule has 0 unspecified atom stereocenters. The number of aromatic nitrogens is 3. The maximum absolute atomic E-state index is 5.72. The summed E-state index contributed by atoms with van der Waals surface area (Å²) >= 11 is 0. The van der Waals surface area contributed by atoms with Crippen LogP contribution in [0.2, 0.25) is 0 Å². The van der Waals surface area contributed by atoms with Gasteiger partial charge in [0.2, 0.25) is 0 Å². The number of para-hydroxylation sites is 2. The third-order valence-electron chi connectivity index (χ3n) is 3.28. The predicted molar refractivity (Wildman–Crippen MR) is 93.4 cm³/mol. The Morgan fingerprint density at radius 3 is 2.52 bits per heavy atom. The molecule has 128 valence electrons. The zero-order valence-electron chi connectivity index (χ0n) is 13.8. The van der Waals surface area contributed by atoms with Crippen LogP contribution >= 0.6 is 0 Å². The Morgan fingerprint density at radius 1 is 0.960 bits per heavy atom. The molecule has 7 heteroatoms. The van der Waals surface area contributed by atoms with Crippen molar-refractivity contribution < 1.29 is 14.2 Å². The Balaban J connectivity index is 1.51. The molecule has 0 atom stereocenters. The number of methoxy groups -OCH3 is 1. The number of rotatable bonds is 8. The number of hydrogen-bond donors (Lipinski definition) is 0. The highest BCUT2D eigenvalue weighted by Gasteiger charge is 2.02. The fraction of sp³-hybridized carbons (Fsp3) is 0.167. The van der Waals surface area contributed by atoms with Crippen LogP contribution in [0.3, 0.4) is 0 Å². The first-order valence-electron chi connectivity index (χ1n) is 7.73. The van der Waals surface area contributed by atoms with Crippen molar-refractivity contribution in [3.05, 3.63) is 66.7 Å². The van der Waals surface area contributed by atoms with Gasteiger partial charge in [0.25, 0.3) is 0 Å². The molecule has 0 aliphatic carbocycles. The average Bonchev–Trinajstić information content (AvgIpc) is 3.18. The molecule has 0 radical (unpaired) electrons. The van der Waals surface area contributed by atoms with E-state index in [1.54, 1.807) is 13.3 Å². The fourth-order valence-electron chi connectivity index (χ4n) is 2.12. The van der Waals surface area contributed by atoms with Gasteiger partial charge in [0.1, 0.15) is 31.6 Å². The molecule has 3 aromatic rings. The van der Waals surface area contributed by atoms with E-state index in [4.69, 9.17) is 14.2 Å². The molecule has 25 heavy (non-hydrogen) atoms. The first-order valence-corrected chi connectivity index (χ1v) is 7.73. The van der Waals surface area contributed by atoms with Gasteiger partial charge in [-0.05, 0) is 29.8 Å². The standard InChI is InChI=1S/C18H18N4O3/c1-23-17-7-2-3-8-18(17)25-10-9-24-16-6-4-5-15(11-16)12-21-22-13-19-20-14-22/h2-8,11-14H,9-10H2,1H3. The van der Waals surface area contributed by atoms with Gasteiger partial charge in [-0.15, -0.1) is 10.2 Å². The molecule has 0 N–H and O–H groups in total. The van der Waals surface area contributed by atoms with E-state index in [2.05, 4.69) is 15.3 Å². The molecular formula is C18H18N4O3. The Hall–Kier alpha value is -3.35. The summed E-state index contributed by atoms with van der Waals surface area (Å²) in [5, 5.41) is 11.6. The van der Waals surface area contributed by atoms with E-state index < -0.39 is 0 Å². The van der Waals surface area contributed by atoms with Crippen molar-refractivity contribution in [3.63, 3.8) is 0 Å². The van der Waals surface area contributed by atoms with Crippen molar-refractivity contribution in [1.82, 2.24) is 14.9 Å². The van der Waals surface area contributed by atoms with E-state index in [0.717, 1.165) is 11.3 Å². The van der Waals surface area contributed by atoms with Gasteiger partial charge in [-0.3, -0.25) is 0 Å². The van der Waals surface area contributed by atoms with Gasteiger partial charge >= 0.3 is 0 Å². The van der Waals surface area contributed by atoms with Crippen LogP contribution in [0, 0.1) is 0 Å². The summed E-state index contributed by atoms with van der Waals surface area (Å²) in [6.45, 7) is 0.837. The summed E-state index contributed by atoms with van der Waals surface area (Å²) < 4.78 is 18.2. The lowest BCUT2D eigenvalue weighted by Gasteiger charge is -2.11. The van der Waals surface area contributed by atoms with Crippen molar-refractivity contribution in [2.75, 3.05) is 20.3 Å². The average molecular weight is 338 g/mol. The van der Waals surface area contributed by atoms with Crippen LogP contribution in [-0.4, -0.2) is 41.4 Å². The van der Waals surface area contributed by atoms with E-state index in [-0.39, 0.29) is 0 Å². The van der Waals surface area contributed by atoms with E-state index in [1.807, 2.05) is 48.5 Å². The van der Waals surface area contributed by atoms with E-state index in [0.29, 0.717) is 24.7 Å². The lowest BCUT2D eigenvalue weighted by Crippen LogP contribution is -2.09. The van der Waals surface area contributed by atoms with Crippen molar-refractivity contribution in [3.8, 4) is 17.2 Å². The second kappa shape index (κ2) is 8.49. The highest BCUT2D eigenvalue weighted by Crippen LogP contribution is 2.25. The molecule has 1 aromatic heterocycles. The molecule has 0 amide bonds. The van der Waals surface area contributed by atoms with Crippen LogP contribution in [0.5, 0.6) is 17.2 Å². The van der Waals surface area contributed by atoms with Gasteiger partial charge < -0.3 is 14.2 Å². The number of ether oxygens (including phenoxy) is 3. The Morgan fingerprint density at radius 2 is 1.72 bits per heavy atom. The number of hydrogen-bond acceptors (Lipinski definition) is 6. The lowest BCUT2D eigenvalue weighted by molar-refractivity contribution is 0.211. The summed E-state index contributed by atoms with van der Waals surface area (Å²) in [7, 11) is 1.62. The van der Waals surface area contributed by atoms with Gasteiger partial charge in [-0.25, -0.2) is 4.68 Å². The molecule has 0 saturated carbocycles. The highest BCUT2D eigenvalue weighted by molar-refractivity contribution is 5.80. The topological polar surface area (TPSA) is 70.8 Å². The molecule has 7 nitrogen and oxygen atoms in total. The first kappa shape index (κ1) is 16.5. The van der Waals surface area contributed by atoms with E-state index in [9.17, 15) is 0 Å². The normalized spacial score (nSPS) is 10.8. The molecule has 0 spiro atoms. The molecule has 0 aliphatic heterocycles. The minimum absolute atomic E-state index is 0.416. The predicted octanol–water partition coefficient (Wildman–Crippen LogP) is 2.63. The summed E-state index contributed by atoms with van der Waals surface area (Å²) in [4.78, 5) is 0. The van der Waals surface area contributed by atoms with Gasteiger partial charge in [-0.1, -0.05) is 24.3 Å². The maximum atomic E-state index is 5.72. The summed E-state index contributed by atoms with van der Waals surface area (Å²) in [6.07, 6.45) is 4.75. The zero-order valence-corrected chi connectivity index (χ0v) is 13.8. The minimum atomic E-state index is 0.416. The van der Waals surface area contributed by atoms with Gasteiger partial charge in [-0.2, -0.15) is 5.10 Å². The summed E-state index contributed by atoms with van der Waals surface area (Å²) in [5.41, 5.74) is 0.914. The third kappa shape index (κ3) is 4.81. The van der Waals surface area contributed by atoms with Crippen LogP contribution in [0.15, 0.2) is 66.3 Å². The second-order valence-electron chi connectivity index (χ2n) is 5.01. The van der Waals surface area contributed by atoms with Gasteiger partial charge in [0.05, 0.1) is 13.3 Å². The summed E-state index contributed by atoms with van der Waals surface area (Å²) in [6, 6.07) is 15.1. The molecular weight excluding hydrogens is 320 g/mol. The van der Waals surface area contributed by atoms with E-state index in [1.165, 1.54) is 17.3 Å². The van der Waals surface area contributed by atoms with Crippen molar-refractivity contribution in [2.24, 2.45) is 5.10 Å². The van der Waals surface area contributed by atoms with Crippen LogP contribution in [0.25, 0.3) is 0 Å². The van der Waals surface area contributed by atoms with E-state index >= 15 is 0 Å². The molecule has 1 heterocycles. The SMILES string of the molecule is COc1ccccc1OCCOc1cccc(C=Nn2cnnc2)c1. The molecule has 0 saturated heterocycles.